The van der Waals surface area contributed by atoms with E-state index in [-0.39, 0.29) is 25.5 Å². The van der Waals surface area contributed by atoms with Crippen molar-refractivity contribution in [2.24, 2.45) is 0 Å². The number of rotatable bonds is 10. The molecule has 2 aromatic rings. The molecular weight excluding hydrogens is 362 g/mol. The van der Waals surface area contributed by atoms with E-state index in [4.69, 9.17) is 18.9 Å². The molecule has 0 aliphatic rings. The zero-order valence-corrected chi connectivity index (χ0v) is 16.3. The summed E-state index contributed by atoms with van der Waals surface area (Å²) >= 11 is 0. The van der Waals surface area contributed by atoms with Crippen LogP contribution in [0.1, 0.15) is 24.9 Å². The first kappa shape index (κ1) is 21.1. The highest BCUT2D eigenvalue weighted by Crippen LogP contribution is 2.22. The SMILES string of the molecule is CCOC(=O)CC(NC(=O)COc1ccc(OC)cc1)c1cccc(OC)c1. The van der Waals surface area contributed by atoms with Crippen molar-refractivity contribution in [1.29, 1.82) is 0 Å². The number of hydrogen-bond donors (Lipinski definition) is 1. The van der Waals surface area contributed by atoms with Crippen LogP contribution in [0.3, 0.4) is 0 Å². The molecule has 0 aliphatic carbocycles. The fourth-order valence-corrected chi connectivity index (χ4v) is 2.55. The Labute approximate surface area is 164 Å². The van der Waals surface area contributed by atoms with Gasteiger partial charge in [-0.25, -0.2) is 0 Å². The highest BCUT2D eigenvalue weighted by Gasteiger charge is 2.20. The summed E-state index contributed by atoms with van der Waals surface area (Å²) in [6.45, 7) is 1.83. The fraction of sp³-hybridized carbons (Fsp3) is 0.333. The molecule has 0 aromatic heterocycles. The standard InChI is InChI=1S/C21H25NO6/c1-4-27-21(24)13-19(15-6-5-7-18(12-15)26-3)22-20(23)14-28-17-10-8-16(25-2)9-11-17/h5-12,19H,4,13-14H2,1-3H3,(H,22,23). The Hall–Kier alpha value is -3.22. The van der Waals surface area contributed by atoms with Crippen LogP contribution in [0.2, 0.25) is 0 Å². The van der Waals surface area contributed by atoms with Gasteiger partial charge in [0, 0.05) is 0 Å². The molecule has 7 nitrogen and oxygen atoms in total. The topological polar surface area (TPSA) is 83.1 Å². The highest BCUT2D eigenvalue weighted by atomic mass is 16.5. The predicted molar refractivity (Wildman–Crippen MR) is 104 cm³/mol. The molecule has 1 amide bonds. The molecule has 2 rings (SSSR count). The number of esters is 1. The summed E-state index contributed by atoms with van der Waals surface area (Å²) in [4.78, 5) is 24.3. The summed E-state index contributed by atoms with van der Waals surface area (Å²) in [6.07, 6.45) is 0.00921. The van der Waals surface area contributed by atoms with E-state index in [1.807, 2.05) is 6.07 Å². The second kappa shape index (κ2) is 10.8. The minimum absolute atomic E-state index is 0.00921. The second-order valence-electron chi connectivity index (χ2n) is 5.87. The van der Waals surface area contributed by atoms with Crippen molar-refractivity contribution in [3.05, 3.63) is 54.1 Å². The molecule has 0 saturated carbocycles. The molecule has 0 bridgehead atoms. The number of methoxy groups -OCH3 is 2. The second-order valence-corrected chi connectivity index (χ2v) is 5.87. The maximum Gasteiger partial charge on any atom is 0.308 e. The lowest BCUT2D eigenvalue weighted by molar-refractivity contribution is -0.143. The van der Waals surface area contributed by atoms with Gasteiger partial charge in [0.05, 0.1) is 33.3 Å². The van der Waals surface area contributed by atoms with E-state index in [2.05, 4.69) is 5.32 Å². The molecule has 28 heavy (non-hydrogen) atoms. The Morgan fingerprint density at radius 1 is 0.964 bits per heavy atom. The molecule has 0 fully saturated rings. The molecule has 2 aromatic carbocycles. The Morgan fingerprint density at radius 3 is 2.29 bits per heavy atom. The van der Waals surface area contributed by atoms with Gasteiger partial charge in [-0.1, -0.05) is 12.1 Å². The quantitative estimate of drug-likeness (QED) is 0.631. The molecule has 0 radical (unpaired) electrons. The third-order valence-electron chi connectivity index (χ3n) is 3.94. The summed E-state index contributed by atoms with van der Waals surface area (Å²) in [5.41, 5.74) is 0.741. The molecule has 0 spiro atoms. The molecule has 1 N–H and O–H groups in total. The van der Waals surface area contributed by atoms with Gasteiger partial charge in [-0.2, -0.15) is 0 Å². The number of carbonyl (C=O) groups is 2. The number of amides is 1. The minimum atomic E-state index is -0.555. The van der Waals surface area contributed by atoms with Crippen LogP contribution in [0.25, 0.3) is 0 Å². The molecule has 0 saturated heterocycles. The number of benzene rings is 2. The van der Waals surface area contributed by atoms with Crippen molar-refractivity contribution < 1.29 is 28.5 Å². The molecule has 7 heteroatoms. The smallest absolute Gasteiger partial charge is 0.308 e. The van der Waals surface area contributed by atoms with Crippen molar-refractivity contribution >= 4 is 11.9 Å². The Morgan fingerprint density at radius 2 is 1.64 bits per heavy atom. The molecule has 150 valence electrons. The Balaban J connectivity index is 2.02. The normalized spacial score (nSPS) is 11.2. The lowest BCUT2D eigenvalue weighted by atomic mass is 10.0. The summed E-state index contributed by atoms with van der Waals surface area (Å²) in [7, 11) is 3.13. The van der Waals surface area contributed by atoms with E-state index >= 15 is 0 Å². The van der Waals surface area contributed by atoms with Gasteiger partial charge in [0.2, 0.25) is 0 Å². The van der Waals surface area contributed by atoms with Gasteiger partial charge in [-0.05, 0) is 48.9 Å². The third kappa shape index (κ3) is 6.50. The minimum Gasteiger partial charge on any atom is -0.497 e. The molecular formula is C21H25NO6. The van der Waals surface area contributed by atoms with Crippen molar-refractivity contribution in [1.82, 2.24) is 5.32 Å². The van der Waals surface area contributed by atoms with Crippen molar-refractivity contribution in [2.75, 3.05) is 27.4 Å². The average Bonchev–Trinajstić information content (AvgIpc) is 2.72. The number of ether oxygens (including phenoxy) is 4. The third-order valence-corrected chi connectivity index (χ3v) is 3.94. The maximum absolute atomic E-state index is 12.4. The molecule has 0 aliphatic heterocycles. The van der Waals surface area contributed by atoms with E-state index < -0.39 is 12.0 Å². The van der Waals surface area contributed by atoms with Crippen molar-refractivity contribution in [3.63, 3.8) is 0 Å². The predicted octanol–water partition coefficient (Wildman–Crippen LogP) is 2.89. The van der Waals surface area contributed by atoms with E-state index in [0.717, 1.165) is 5.56 Å². The van der Waals surface area contributed by atoms with Crippen molar-refractivity contribution in [3.8, 4) is 17.2 Å². The summed E-state index contributed by atoms with van der Waals surface area (Å²) in [5.74, 6) is 1.12. The fourth-order valence-electron chi connectivity index (χ4n) is 2.55. The largest absolute Gasteiger partial charge is 0.497 e. The van der Waals surface area contributed by atoms with Crippen LogP contribution in [-0.4, -0.2) is 39.3 Å². The number of nitrogens with one attached hydrogen (secondary N) is 1. The van der Waals surface area contributed by atoms with E-state index in [9.17, 15) is 9.59 Å². The molecule has 0 heterocycles. The van der Waals surface area contributed by atoms with E-state index in [1.165, 1.54) is 0 Å². The number of hydrogen-bond acceptors (Lipinski definition) is 6. The summed E-state index contributed by atoms with van der Waals surface area (Å²) in [6, 6.07) is 13.5. The van der Waals surface area contributed by atoms with Crippen LogP contribution in [0.15, 0.2) is 48.5 Å². The van der Waals surface area contributed by atoms with Gasteiger partial charge < -0.3 is 24.3 Å². The van der Waals surface area contributed by atoms with Crippen LogP contribution in [0, 0.1) is 0 Å². The Kier molecular flexibility index (Phi) is 8.14. The highest BCUT2D eigenvalue weighted by molar-refractivity contribution is 5.79. The van der Waals surface area contributed by atoms with Gasteiger partial charge in [0.15, 0.2) is 6.61 Å². The lowest BCUT2D eigenvalue weighted by Crippen LogP contribution is -2.34. The van der Waals surface area contributed by atoms with E-state index in [0.29, 0.717) is 17.2 Å². The Bertz CT molecular complexity index is 775. The van der Waals surface area contributed by atoms with Crippen LogP contribution in [0.5, 0.6) is 17.2 Å². The van der Waals surface area contributed by atoms with Crippen LogP contribution in [-0.2, 0) is 14.3 Å². The monoisotopic (exact) mass is 387 g/mol. The van der Waals surface area contributed by atoms with E-state index in [1.54, 1.807) is 63.6 Å². The first-order valence-corrected chi connectivity index (χ1v) is 8.91. The van der Waals surface area contributed by atoms with Gasteiger partial charge in [-0.3, -0.25) is 9.59 Å². The summed E-state index contributed by atoms with van der Waals surface area (Å²) < 4.78 is 20.8. The molecule has 1 atom stereocenters. The van der Waals surface area contributed by atoms with Crippen molar-refractivity contribution in [2.45, 2.75) is 19.4 Å². The first-order chi connectivity index (χ1) is 13.5. The van der Waals surface area contributed by atoms with Crippen LogP contribution >= 0.6 is 0 Å². The maximum atomic E-state index is 12.4. The average molecular weight is 387 g/mol. The summed E-state index contributed by atoms with van der Waals surface area (Å²) in [5, 5.41) is 2.82. The zero-order chi connectivity index (χ0) is 20.4. The number of carbonyl (C=O) groups excluding carboxylic acids is 2. The first-order valence-electron chi connectivity index (χ1n) is 8.91. The zero-order valence-electron chi connectivity index (χ0n) is 16.3. The van der Waals surface area contributed by atoms with Crippen LogP contribution < -0.4 is 19.5 Å². The van der Waals surface area contributed by atoms with Gasteiger partial charge in [0.1, 0.15) is 17.2 Å². The lowest BCUT2D eigenvalue weighted by Gasteiger charge is -2.19. The van der Waals surface area contributed by atoms with Gasteiger partial charge in [0.25, 0.3) is 5.91 Å². The molecule has 1 unspecified atom stereocenters. The van der Waals surface area contributed by atoms with Crippen LogP contribution in [0.4, 0.5) is 0 Å². The van der Waals surface area contributed by atoms with Gasteiger partial charge in [-0.15, -0.1) is 0 Å². The van der Waals surface area contributed by atoms with Gasteiger partial charge >= 0.3 is 5.97 Å².